The minimum absolute atomic E-state index is 0.177. The van der Waals surface area contributed by atoms with E-state index in [4.69, 9.17) is 0 Å². The molecule has 23 heavy (non-hydrogen) atoms. The number of nitrogens with one attached hydrogen (secondary N) is 1. The van der Waals surface area contributed by atoms with Crippen molar-refractivity contribution in [1.29, 1.82) is 0 Å². The van der Waals surface area contributed by atoms with Crippen LogP contribution in [0.1, 0.15) is 56.1 Å². The van der Waals surface area contributed by atoms with Crippen LogP contribution in [-0.2, 0) is 11.3 Å². The third-order valence-electron chi connectivity index (χ3n) is 5.35. The monoisotopic (exact) mass is 314 g/mol. The second-order valence-electron chi connectivity index (χ2n) is 7.40. The van der Waals surface area contributed by atoms with Crippen LogP contribution in [0.4, 0.5) is 0 Å². The summed E-state index contributed by atoms with van der Waals surface area (Å²) in [7, 11) is 0. The van der Waals surface area contributed by atoms with Gasteiger partial charge in [-0.05, 0) is 44.7 Å². The second-order valence-corrected chi connectivity index (χ2v) is 7.40. The Labute approximate surface area is 140 Å². The maximum atomic E-state index is 12.6. The van der Waals surface area contributed by atoms with Gasteiger partial charge < -0.3 is 5.32 Å². The summed E-state index contributed by atoms with van der Waals surface area (Å²) in [6.45, 7) is 5.11. The number of hydrogen-bond donors (Lipinski definition) is 1. The van der Waals surface area contributed by atoms with Crippen LogP contribution in [0.2, 0.25) is 0 Å². The van der Waals surface area contributed by atoms with Gasteiger partial charge in [-0.25, -0.2) is 0 Å². The van der Waals surface area contributed by atoms with Crippen LogP contribution >= 0.6 is 0 Å². The Morgan fingerprint density at radius 2 is 1.83 bits per heavy atom. The third kappa shape index (κ3) is 4.81. The van der Waals surface area contributed by atoms with Gasteiger partial charge in [-0.3, -0.25) is 9.69 Å². The molecule has 1 atom stereocenters. The Morgan fingerprint density at radius 1 is 1.09 bits per heavy atom. The standard InChI is InChI=1S/C20H30N2O/c1-16-9-11-17(12-10-16)14-22-13-5-6-18(15-22)20(23)21-19-7-3-2-4-8-19/h9-12,18-19H,2-8,13-15H2,1H3,(H,21,23). The van der Waals surface area contributed by atoms with Crippen LogP contribution < -0.4 is 5.32 Å². The van der Waals surface area contributed by atoms with Crippen LogP contribution in [-0.4, -0.2) is 29.9 Å². The Morgan fingerprint density at radius 3 is 2.57 bits per heavy atom. The van der Waals surface area contributed by atoms with Gasteiger partial charge in [0.2, 0.25) is 5.91 Å². The molecule has 3 heteroatoms. The molecule has 1 aliphatic heterocycles. The SMILES string of the molecule is Cc1ccc(CN2CCCC(C(=O)NC3CCCCC3)C2)cc1. The summed E-state index contributed by atoms with van der Waals surface area (Å²) >= 11 is 0. The molecule has 2 aliphatic rings. The molecular formula is C20H30N2O. The summed E-state index contributed by atoms with van der Waals surface area (Å²) in [4.78, 5) is 15.0. The molecule has 0 spiro atoms. The quantitative estimate of drug-likeness (QED) is 0.920. The number of piperidine rings is 1. The Bertz CT molecular complexity index is 505. The van der Waals surface area contributed by atoms with E-state index < -0.39 is 0 Å². The van der Waals surface area contributed by atoms with Gasteiger partial charge in [0.05, 0.1) is 5.92 Å². The summed E-state index contributed by atoms with van der Waals surface area (Å²) in [6.07, 6.45) is 8.40. The highest BCUT2D eigenvalue weighted by Gasteiger charge is 2.27. The van der Waals surface area contributed by atoms with Crippen LogP contribution in [0.5, 0.6) is 0 Å². The molecule has 1 heterocycles. The maximum absolute atomic E-state index is 12.6. The normalized spacial score (nSPS) is 23.6. The summed E-state index contributed by atoms with van der Waals surface area (Å²) in [6, 6.07) is 9.20. The van der Waals surface area contributed by atoms with Gasteiger partial charge in [0.1, 0.15) is 0 Å². The van der Waals surface area contributed by atoms with Crippen molar-refractivity contribution in [3.63, 3.8) is 0 Å². The fraction of sp³-hybridized carbons (Fsp3) is 0.650. The van der Waals surface area contributed by atoms with Crippen molar-refractivity contribution >= 4 is 5.91 Å². The molecule has 3 rings (SSSR count). The zero-order valence-electron chi connectivity index (χ0n) is 14.4. The number of amides is 1. The van der Waals surface area contributed by atoms with Gasteiger partial charge >= 0.3 is 0 Å². The minimum atomic E-state index is 0.177. The number of carbonyl (C=O) groups excluding carboxylic acids is 1. The topological polar surface area (TPSA) is 32.3 Å². The molecule has 1 saturated carbocycles. The van der Waals surface area contributed by atoms with Crippen LogP contribution in [0.25, 0.3) is 0 Å². The van der Waals surface area contributed by atoms with E-state index in [9.17, 15) is 4.79 Å². The molecule has 1 saturated heterocycles. The number of benzene rings is 1. The van der Waals surface area contributed by atoms with Crippen molar-refractivity contribution in [2.45, 2.75) is 64.5 Å². The van der Waals surface area contributed by atoms with E-state index in [1.165, 1.54) is 43.2 Å². The fourth-order valence-electron chi connectivity index (χ4n) is 3.93. The first kappa shape index (κ1) is 16.5. The van der Waals surface area contributed by atoms with E-state index in [1.54, 1.807) is 0 Å². The van der Waals surface area contributed by atoms with Crippen LogP contribution in [0.3, 0.4) is 0 Å². The predicted octanol–water partition coefficient (Wildman–Crippen LogP) is 3.66. The Kier molecular flexibility index (Phi) is 5.71. The van der Waals surface area contributed by atoms with Crippen molar-refractivity contribution < 1.29 is 4.79 Å². The van der Waals surface area contributed by atoms with Crippen molar-refractivity contribution in [2.75, 3.05) is 13.1 Å². The van der Waals surface area contributed by atoms with Gasteiger partial charge in [0.25, 0.3) is 0 Å². The summed E-state index contributed by atoms with van der Waals surface area (Å²) in [5.74, 6) is 0.474. The Balaban J connectivity index is 1.50. The lowest BCUT2D eigenvalue weighted by Crippen LogP contribution is -2.46. The molecular weight excluding hydrogens is 284 g/mol. The van der Waals surface area contributed by atoms with E-state index in [1.807, 2.05) is 0 Å². The Hall–Kier alpha value is -1.35. The van der Waals surface area contributed by atoms with Crippen LogP contribution in [0, 0.1) is 12.8 Å². The van der Waals surface area contributed by atoms with Gasteiger partial charge in [-0.1, -0.05) is 49.1 Å². The number of aryl methyl sites for hydroxylation is 1. The van der Waals surface area contributed by atoms with E-state index >= 15 is 0 Å². The second kappa shape index (κ2) is 7.96. The molecule has 0 aromatic heterocycles. The van der Waals surface area contributed by atoms with Gasteiger partial charge in [-0.15, -0.1) is 0 Å². The van der Waals surface area contributed by atoms with Crippen molar-refractivity contribution in [1.82, 2.24) is 10.2 Å². The highest BCUT2D eigenvalue weighted by atomic mass is 16.2. The molecule has 1 aliphatic carbocycles. The number of hydrogen-bond acceptors (Lipinski definition) is 2. The van der Waals surface area contributed by atoms with Gasteiger partial charge in [0.15, 0.2) is 0 Å². The first-order chi connectivity index (χ1) is 11.2. The molecule has 1 amide bonds. The largest absolute Gasteiger partial charge is 0.353 e. The molecule has 3 nitrogen and oxygen atoms in total. The average molecular weight is 314 g/mol. The van der Waals surface area contributed by atoms with Crippen molar-refractivity contribution in [3.05, 3.63) is 35.4 Å². The highest BCUT2D eigenvalue weighted by molar-refractivity contribution is 5.79. The predicted molar refractivity (Wildman–Crippen MR) is 94.2 cm³/mol. The molecule has 2 fully saturated rings. The molecule has 1 aromatic rings. The molecule has 0 bridgehead atoms. The van der Waals surface area contributed by atoms with E-state index in [0.717, 1.165) is 32.5 Å². The van der Waals surface area contributed by atoms with Crippen LogP contribution in [0.15, 0.2) is 24.3 Å². The lowest BCUT2D eigenvalue weighted by atomic mass is 9.93. The third-order valence-corrected chi connectivity index (χ3v) is 5.35. The highest BCUT2D eigenvalue weighted by Crippen LogP contribution is 2.21. The maximum Gasteiger partial charge on any atom is 0.224 e. The lowest BCUT2D eigenvalue weighted by molar-refractivity contribution is -0.127. The molecule has 0 radical (unpaired) electrons. The fourth-order valence-corrected chi connectivity index (χ4v) is 3.93. The van der Waals surface area contributed by atoms with Gasteiger partial charge in [-0.2, -0.15) is 0 Å². The lowest BCUT2D eigenvalue weighted by Gasteiger charge is -2.33. The summed E-state index contributed by atoms with van der Waals surface area (Å²) < 4.78 is 0. The zero-order valence-corrected chi connectivity index (χ0v) is 14.4. The number of likely N-dealkylation sites (tertiary alicyclic amines) is 1. The van der Waals surface area contributed by atoms with E-state index in [0.29, 0.717) is 11.9 Å². The number of rotatable bonds is 4. The smallest absolute Gasteiger partial charge is 0.224 e. The first-order valence-electron chi connectivity index (χ1n) is 9.29. The zero-order chi connectivity index (χ0) is 16.1. The van der Waals surface area contributed by atoms with Crippen molar-refractivity contribution in [3.8, 4) is 0 Å². The molecule has 1 unspecified atom stereocenters. The number of nitrogens with zero attached hydrogens (tertiary/aromatic N) is 1. The summed E-state index contributed by atoms with van der Waals surface area (Å²) in [5, 5.41) is 3.31. The molecule has 126 valence electrons. The average Bonchev–Trinajstić information content (AvgIpc) is 2.58. The van der Waals surface area contributed by atoms with E-state index in [2.05, 4.69) is 41.4 Å². The minimum Gasteiger partial charge on any atom is -0.353 e. The molecule has 1 aromatic carbocycles. The molecule has 1 N–H and O–H groups in total. The number of carbonyl (C=O) groups is 1. The van der Waals surface area contributed by atoms with E-state index in [-0.39, 0.29) is 5.92 Å². The summed E-state index contributed by atoms with van der Waals surface area (Å²) in [5.41, 5.74) is 2.65. The van der Waals surface area contributed by atoms with Gasteiger partial charge in [0, 0.05) is 19.1 Å². The first-order valence-corrected chi connectivity index (χ1v) is 9.29. The van der Waals surface area contributed by atoms with Crippen molar-refractivity contribution in [2.24, 2.45) is 5.92 Å².